The highest BCUT2D eigenvalue weighted by Gasteiger charge is 2.31. The topological polar surface area (TPSA) is 97.7 Å². The van der Waals surface area contributed by atoms with Crippen LogP contribution >= 0.6 is 0 Å². The van der Waals surface area contributed by atoms with Crippen molar-refractivity contribution in [1.82, 2.24) is 20.4 Å². The van der Waals surface area contributed by atoms with E-state index in [-0.39, 0.29) is 18.3 Å². The van der Waals surface area contributed by atoms with E-state index in [0.29, 0.717) is 36.8 Å². The Balaban J connectivity index is 1.41. The largest absolute Gasteiger partial charge is 0.492 e. The third kappa shape index (κ3) is 5.34. The van der Waals surface area contributed by atoms with Crippen LogP contribution < -0.4 is 25.0 Å². The third-order valence-corrected chi connectivity index (χ3v) is 5.39. The molecule has 9 nitrogen and oxygen atoms in total. The van der Waals surface area contributed by atoms with Crippen molar-refractivity contribution >= 4 is 17.6 Å². The fraction of sp³-hybridized carbons (Fsp3) is 0.292. The predicted octanol–water partition coefficient (Wildman–Crippen LogP) is 2.19. The molecule has 0 bridgehead atoms. The number of aromatic nitrogens is 2. The van der Waals surface area contributed by atoms with Gasteiger partial charge < -0.3 is 25.0 Å². The zero-order valence-electron chi connectivity index (χ0n) is 19.0. The van der Waals surface area contributed by atoms with Crippen molar-refractivity contribution in [3.63, 3.8) is 0 Å². The average molecular weight is 468 g/mol. The van der Waals surface area contributed by atoms with Gasteiger partial charge in [-0.25, -0.2) is 9.18 Å². The van der Waals surface area contributed by atoms with Crippen LogP contribution in [0.3, 0.4) is 0 Å². The molecular weight excluding hydrogens is 441 g/mol. The quantitative estimate of drug-likeness (QED) is 0.517. The SMILES string of the molecule is CNCCOc1ccc2c(c1)N(C)C(=O)[C@@H](NC(=O)n1cc(Cc3cccc(F)c3)cn1)CO2. The number of carbonyl (C=O) groups excluding carboxylic acids is 2. The Morgan fingerprint density at radius 2 is 2.12 bits per heavy atom. The molecular formula is C24H26FN5O4. The molecule has 0 saturated carbocycles. The van der Waals surface area contributed by atoms with Crippen LogP contribution in [0.15, 0.2) is 54.9 Å². The molecule has 10 heteroatoms. The summed E-state index contributed by atoms with van der Waals surface area (Å²) in [6, 6.07) is 10.0. The second-order valence-electron chi connectivity index (χ2n) is 7.89. The highest BCUT2D eigenvalue weighted by molar-refractivity contribution is 6.00. The zero-order valence-corrected chi connectivity index (χ0v) is 19.0. The van der Waals surface area contributed by atoms with Gasteiger partial charge in [-0.15, -0.1) is 0 Å². The molecule has 1 aliphatic rings. The molecule has 2 amide bonds. The van der Waals surface area contributed by atoms with Crippen LogP contribution in [0, 0.1) is 5.82 Å². The first-order chi connectivity index (χ1) is 16.4. The highest BCUT2D eigenvalue weighted by atomic mass is 19.1. The fourth-order valence-electron chi connectivity index (χ4n) is 3.60. The van der Waals surface area contributed by atoms with E-state index in [1.54, 1.807) is 43.6 Å². The number of anilines is 1. The Morgan fingerprint density at radius 3 is 2.91 bits per heavy atom. The van der Waals surface area contributed by atoms with E-state index < -0.39 is 12.1 Å². The summed E-state index contributed by atoms with van der Waals surface area (Å²) in [6.45, 7) is 1.14. The molecule has 1 aromatic heterocycles. The number of carbonyl (C=O) groups is 2. The third-order valence-electron chi connectivity index (χ3n) is 5.39. The lowest BCUT2D eigenvalue weighted by Crippen LogP contribution is -2.50. The first-order valence-electron chi connectivity index (χ1n) is 10.9. The number of nitrogens with zero attached hydrogens (tertiary/aromatic N) is 3. The van der Waals surface area contributed by atoms with Gasteiger partial charge in [0.25, 0.3) is 5.91 Å². The van der Waals surface area contributed by atoms with Crippen LogP contribution in [-0.4, -0.2) is 61.6 Å². The number of fused-ring (bicyclic) bond motifs is 1. The van der Waals surface area contributed by atoms with Gasteiger partial charge in [-0.1, -0.05) is 12.1 Å². The van der Waals surface area contributed by atoms with Gasteiger partial charge in [-0.2, -0.15) is 9.78 Å². The summed E-state index contributed by atoms with van der Waals surface area (Å²) in [6.07, 6.45) is 3.51. The number of likely N-dealkylation sites (N-methyl/N-ethyl adjacent to an activating group) is 2. The summed E-state index contributed by atoms with van der Waals surface area (Å²) in [5.74, 6) is 0.482. The first kappa shape index (κ1) is 23.2. The number of ether oxygens (including phenoxy) is 2. The minimum absolute atomic E-state index is 0.0285. The van der Waals surface area contributed by atoms with E-state index in [9.17, 15) is 14.0 Å². The molecule has 2 N–H and O–H groups in total. The van der Waals surface area contributed by atoms with Crippen LogP contribution in [0.25, 0.3) is 0 Å². The number of rotatable bonds is 7. The number of benzene rings is 2. The first-order valence-corrected chi connectivity index (χ1v) is 10.9. The van der Waals surface area contributed by atoms with Crippen molar-refractivity contribution in [3.8, 4) is 11.5 Å². The van der Waals surface area contributed by atoms with Crippen LogP contribution in [0.2, 0.25) is 0 Å². The summed E-state index contributed by atoms with van der Waals surface area (Å²) in [5.41, 5.74) is 2.06. The molecule has 0 spiro atoms. The van der Waals surface area contributed by atoms with Crippen molar-refractivity contribution in [3.05, 3.63) is 71.8 Å². The zero-order chi connectivity index (χ0) is 24.1. The van der Waals surface area contributed by atoms with Gasteiger partial charge >= 0.3 is 6.03 Å². The molecule has 2 aromatic carbocycles. The van der Waals surface area contributed by atoms with E-state index in [4.69, 9.17) is 9.47 Å². The monoisotopic (exact) mass is 467 g/mol. The van der Waals surface area contributed by atoms with E-state index in [1.165, 1.54) is 23.2 Å². The van der Waals surface area contributed by atoms with Crippen LogP contribution in [0.4, 0.5) is 14.9 Å². The van der Waals surface area contributed by atoms with Crippen LogP contribution in [-0.2, 0) is 11.2 Å². The van der Waals surface area contributed by atoms with Crippen molar-refractivity contribution in [1.29, 1.82) is 0 Å². The number of nitrogens with one attached hydrogen (secondary N) is 2. The van der Waals surface area contributed by atoms with Crippen molar-refractivity contribution in [2.45, 2.75) is 12.5 Å². The number of hydrogen-bond acceptors (Lipinski definition) is 6. The maximum atomic E-state index is 13.4. The Labute approximate surface area is 196 Å². The van der Waals surface area contributed by atoms with E-state index >= 15 is 0 Å². The summed E-state index contributed by atoms with van der Waals surface area (Å²) in [7, 11) is 3.46. The molecule has 1 aliphatic heterocycles. The van der Waals surface area contributed by atoms with Gasteiger partial charge in [-0.3, -0.25) is 4.79 Å². The second-order valence-corrected chi connectivity index (χ2v) is 7.89. The normalized spacial score (nSPS) is 15.3. The summed E-state index contributed by atoms with van der Waals surface area (Å²) >= 11 is 0. The lowest BCUT2D eigenvalue weighted by atomic mass is 10.1. The average Bonchev–Trinajstić information content (AvgIpc) is 3.26. The minimum Gasteiger partial charge on any atom is -0.492 e. The maximum absolute atomic E-state index is 13.4. The fourth-order valence-corrected chi connectivity index (χ4v) is 3.60. The van der Waals surface area contributed by atoms with Crippen molar-refractivity contribution < 1.29 is 23.5 Å². The Kier molecular flexibility index (Phi) is 7.07. The van der Waals surface area contributed by atoms with Gasteiger partial charge in [0.1, 0.15) is 36.6 Å². The van der Waals surface area contributed by atoms with Gasteiger partial charge in [0.15, 0.2) is 0 Å². The predicted molar refractivity (Wildman–Crippen MR) is 124 cm³/mol. The molecule has 2 heterocycles. The molecule has 0 radical (unpaired) electrons. The van der Waals surface area contributed by atoms with Crippen LogP contribution in [0.5, 0.6) is 11.5 Å². The van der Waals surface area contributed by atoms with Crippen LogP contribution in [0.1, 0.15) is 11.1 Å². The summed E-state index contributed by atoms with van der Waals surface area (Å²) in [5, 5.41) is 9.76. The lowest BCUT2D eigenvalue weighted by Gasteiger charge is -2.20. The molecule has 0 saturated heterocycles. The number of amides is 2. The van der Waals surface area contributed by atoms with Crippen molar-refractivity contribution in [2.75, 3.05) is 38.8 Å². The van der Waals surface area contributed by atoms with E-state index in [2.05, 4.69) is 15.7 Å². The summed E-state index contributed by atoms with van der Waals surface area (Å²) < 4.78 is 26.0. The number of halogens is 1. The lowest BCUT2D eigenvalue weighted by molar-refractivity contribution is -0.120. The molecule has 3 aromatic rings. The van der Waals surface area contributed by atoms with Gasteiger partial charge in [-0.05, 0) is 42.4 Å². The van der Waals surface area contributed by atoms with Gasteiger partial charge in [0, 0.05) is 32.3 Å². The summed E-state index contributed by atoms with van der Waals surface area (Å²) in [4.78, 5) is 27.2. The Hall–Kier alpha value is -3.92. The van der Waals surface area contributed by atoms with E-state index in [0.717, 1.165) is 15.8 Å². The molecule has 34 heavy (non-hydrogen) atoms. The maximum Gasteiger partial charge on any atom is 0.342 e. The molecule has 178 valence electrons. The molecule has 0 unspecified atom stereocenters. The van der Waals surface area contributed by atoms with Gasteiger partial charge in [0.2, 0.25) is 0 Å². The second kappa shape index (κ2) is 10.3. The highest BCUT2D eigenvalue weighted by Crippen LogP contribution is 2.34. The smallest absolute Gasteiger partial charge is 0.342 e. The molecule has 4 rings (SSSR count). The van der Waals surface area contributed by atoms with Gasteiger partial charge in [0.05, 0.1) is 11.9 Å². The molecule has 1 atom stereocenters. The number of hydrogen-bond donors (Lipinski definition) is 2. The van der Waals surface area contributed by atoms with E-state index in [1.807, 2.05) is 7.05 Å². The Morgan fingerprint density at radius 1 is 1.26 bits per heavy atom. The molecule has 0 fully saturated rings. The minimum atomic E-state index is -0.908. The molecule has 0 aliphatic carbocycles. The van der Waals surface area contributed by atoms with Crippen molar-refractivity contribution in [2.24, 2.45) is 0 Å². The Bertz CT molecular complexity index is 1180. The standard InChI is InChI=1S/C24H26FN5O4/c1-26-8-9-33-19-6-7-22-21(12-19)29(2)23(31)20(15-34-22)28-24(32)30-14-17(13-27-30)10-16-4-3-5-18(25)11-16/h3-7,11-14,20,26H,8-10,15H2,1-2H3,(H,28,32)/t20-/m0/s1.